The molecule has 3 aromatic carbocycles. The Morgan fingerprint density at radius 1 is 0.897 bits per heavy atom. The fraction of sp³-hybridized carbons (Fsp3) is 0.200. The van der Waals surface area contributed by atoms with Crippen LogP contribution >= 0.6 is 0 Å². The van der Waals surface area contributed by atoms with Crippen molar-refractivity contribution in [3.63, 3.8) is 0 Å². The van der Waals surface area contributed by atoms with E-state index in [0.717, 1.165) is 23.2 Å². The van der Waals surface area contributed by atoms with Gasteiger partial charge in [0.2, 0.25) is 0 Å². The van der Waals surface area contributed by atoms with E-state index in [0.29, 0.717) is 22.7 Å². The zero-order valence-electron chi connectivity index (χ0n) is 16.7. The van der Waals surface area contributed by atoms with Gasteiger partial charge in [0.25, 0.3) is 0 Å². The predicted octanol–water partition coefficient (Wildman–Crippen LogP) is 5.73. The number of ketones is 2. The van der Waals surface area contributed by atoms with Crippen molar-refractivity contribution in [2.75, 3.05) is 5.32 Å². The minimum absolute atomic E-state index is 0.0670. The first kappa shape index (κ1) is 18.9. The van der Waals surface area contributed by atoms with E-state index in [9.17, 15) is 14.7 Å². The second-order valence-electron chi connectivity index (χ2n) is 7.56. The van der Waals surface area contributed by atoms with Gasteiger partial charge in [-0.25, -0.2) is 0 Å². The number of hydrogen-bond acceptors (Lipinski definition) is 4. The summed E-state index contributed by atoms with van der Waals surface area (Å²) in [5, 5.41) is 13.8. The van der Waals surface area contributed by atoms with Crippen molar-refractivity contribution in [2.24, 2.45) is 0 Å². The topological polar surface area (TPSA) is 66.4 Å². The third-order valence-electron chi connectivity index (χ3n) is 5.76. The maximum Gasteiger partial charge on any atom is 0.198 e. The van der Waals surface area contributed by atoms with Gasteiger partial charge in [0.15, 0.2) is 11.6 Å². The minimum atomic E-state index is -0.330. The van der Waals surface area contributed by atoms with Crippen LogP contribution in [0.3, 0.4) is 0 Å². The molecule has 3 aromatic rings. The number of aryl methyl sites for hydroxylation is 1. The Hall–Kier alpha value is -3.40. The highest BCUT2D eigenvalue weighted by atomic mass is 16.3. The second-order valence-corrected chi connectivity index (χ2v) is 7.56. The molecular formula is C25H23NO3. The number of para-hydroxylation sites is 1. The number of hydrogen-bond donors (Lipinski definition) is 2. The maximum atomic E-state index is 13.3. The minimum Gasteiger partial charge on any atom is -0.507 e. The fourth-order valence-electron chi connectivity index (χ4n) is 3.94. The highest BCUT2D eigenvalue weighted by molar-refractivity contribution is 6.31. The first-order valence-electron chi connectivity index (χ1n) is 9.85. The summed E-state index contributed by atoms with van der Waals surface area (Å²) < 4.78 is 0. The second kappa shape index (κ2) is 7.21. The summed E-state index contributed by atoms with van der Waals surface area (Å²) >= 11 is 0. The third-order valence-corrected chi connectivity index (χ3v) is 5.76. The average Bonchev–Trinajstić information content (AvgIpc) is 2.73. The van der Waals surface area contributed by atoms with E-state index in [1.807, 2.05) is 19.1 Å². The monoisotopic (exact) mass is 385 g/mol. The molecule has 29 heavy (non-hydrogen) atoms. The quantitative estimate of drug-likeness (QED) is 0.440. The maximum absolute atomic E-state index is 13.3. The molecule has 4 heteroatoms. The first-order valence-corrected chi connectivity index (χ1v) is 9.85. The number of carbonyl (C=O) groups is 2. The molecule has 146 valence electrons. The van der Waals surface area contributed by atoms with Crippen LogP contribution < -0.4 is 5.32 Å². The number of benzene rings is 3. The Labute approximate surface area is 170 Å². The highest BCUT2D eigenvalue weighted by Crippen LogP contribution is 2.39. The number of rotatable bonds is 4. The van der Waals surface area contributed by atoms with Crippen LogP contribution in [-0.4, -0.2) is 16.7 Å². The largest absolute Gasteiger partial charge is 0.507 e. The number of phenols is 1. The molecule has 2 N–H and O–H groups in total. The molecular weight excluding hydrogens is 362 g/mol. The summed E-state index contributed by atoms with van der Waals surface area (Å²) in [7, 11) is 0. The Kier molecular flexibility index (Phi) is 4.71. The molecule has 0 radical (unpaired) electrons. The molecule has 4 nitrogen and oxygen atoms in total. The van der Waals surface area contributed by atoms with Gasteiger partial charge in [-0.2, -0.15) is 0 Å². The zero-order chi connectivity index (χ0) is 20.7. The lowest BCUT2D eigenvalue weighted by atomic mass is 9.82. The summed E-state index contributed by atoms with van der Waals surface area (Å²) in [5.74, 6) is -0.427. The number of fused-ring (bicyclic) bond motifs is 2. The van der Waals surface area contributed by atoms with Crippen molar-refractivity contribution in [1.29, 1.82) is 0 Å². The lowest BCUT2D eigenvalue weighted by molar-refractivity contribution is 0.0977. The van der Waals surface area contributed by atoms with Crippen molar-refractivity contribution in [2.45, 2.75) is 33.1 Å². The summed E-state index contributed by atoms with van der Waals surface area (Å²) in [6.45, 7) is 6.32. The molecule has 1 aliphatic carbocycles. The van der Waals surface area contributed by atoms with Crippen molar-refractivity contribution in [3.8, 4) is 5.75 Å². The van der Waals surface area contributed by atoms with Gasteiger partial charge < -0.3 is 10.4 Å². The van der Waals surface area contributed by atoms with Crippen molar-refractivity contribution >= 4 is 22.9 Å². The van der Waals surface area contributed by atoms with E-state index in [-0.39, 0.29) is 28.4 Å². The number of anilines is 2. The number of aromatic hydroxyl groups is 1. The van der Waals surface area contributed by atoms with Gasteiger partial charge in [-0.1, -0.05) is 56.3 Å². The Bertz CT molecular complexity index is 1150. The number of nitrogens with one attached hydrogen (secondary N) is 1. The standard InChI is InChI=1S/C25H23NO3/c1-4-14(2)16-11-7-8-15(3)23(16)26-19-12-13-20(27)22-21(19)24(28)17-9-5-6-10-18(17)25(22)29/h5-14,26-27H,4H2,1-3H3. The SMILES string of the molecule is CCC(C)c1cccc(C)c1Nc1ccc(O)c2c1C(=O)c1ccccc1C2=O. The molecule has 0 amide bonds. The van der Waals surface area contributed by atoms with Crippen LogP contribution in [0.25, 0.3) is 0 Å². The van der Waals surface area contributed by atoms with E-state index < -0.39 is 0 Å². The molecule has 0 aromatic heterocycles. The summed E-state index contributed by atoms with van der Waals surface area (Å²) in [6.07, 6.45) is 0.983. The third kappa shape index (κ3) is 3.01. The van der Waals surface area contributed by atoms with Crippen molar-refractivity contribution in [3.05, 3.63) is 88.0 Å². The van der Waals surface area contributed by atoms with E-state index in [1.165, 1.54) is 6.07 Å². The van der Waals surface area contributed by atoms with E-state index in [1.54, 1.807) is 30.3 Å². The molecule has 1 atom stereocenters. The highest BCUT2D eigenvalue weighted by Gasteiger charge is 2.34. The summed E-state index contributed by atoms with van der Waals surface area (Å²) in [4.78, 5) is 26.3. The van der Waals surface area contributed by atoms with Crippen LogP contribution in [0.2, 0.25) is 0 Å². The van der Waals surface area contributed by atoms with Gasteiger partial charge in [0.1, 0.15) is 5.75 Å². The van der Waals surface area contributed by atoms with Gasteiger partial charge in [0.05, 0.1) is 16.8 Å². The first-order chi connectivity index (χ1) is 13.9. The van der Waals surface area contributed by atoms with Gasteiger partial charge in [-0.15, -0.1) is 0 Å². The molecule has 0 bridgehead atoms. The molecule has 4 rings (SSSR count). The molecule has 1 aliphatic rings. The van der Waals surface area contributed by atoms with Gasteiger partial charge >= 0.3 is 0 Å². The fourth-order valence-corrected chi connectivity index (χ4v) is 3.94. The van der Waals surface area contributed by atoms with Gasteiger partial charge in [-0.05, 0) is 42.5 Å². The summed E-state index contributed by atoms with van der Waals surface area (Å²) in [5.41, 5.74) is 4.67. The van der Waals surface area contributed by atoms with Crippen LogP contribution in [0, 0.1) is 6.92 Å². The van der Waals surface area contributed by atoms with Gasteiger partial charge in [0, 0.05) is 16.8 Å². The normalized spacial score (nSPS) is 13.6. The van der Waals surface area contributed by atoms with Crippen molar-refractivity contribution in [1.82, 2.24) is 0 Å². The Morgan fingerprint density at radius 3 is 2.21 bits per heavy atom. The van der Waals surface area contributed by atoms with Crippen LogP contribution in [0.1, 0.15) is 69.2 Å². The molecule has 0 spiro atoms. The molecule has 0 saturated carbocycles. The predicted molar refractivity (Wildman–Crippen MR) is 115 cm³/mol. The Balaban J connectivity index is 1.90. The smallest absolute Gasteiger partial charge is 0.198 e. The van der Waals surface area contributed by atoms with E-state index >= 15 is 0 Å². The molecule has 1 unspecified atom stereocenters. The lowest BCUT2D eigenvalue weighted by Gasteiger charge is -2.24. The lowest BCUT2D eigenvalue weighted by Crippen LogP contribution is -2.22. The van der Waals surface area contributed by atoms with Crippen LogP contribution in [0.15, 0.2) is 54.6 Å². The van der Waals surface area contributed by atoms with Gasteiger partial charge in [-0.3, -0.25) is 9.59 Å². The van der Waals surface area contributed by atoms with Crippen LogP contribution in [0.4, 0.5) is 11.4 Å². The van der Waals surface area contributed by atoms with E-state index in [4.69, 9.17) is 0 Å². The molecule has 0 heterocycles. The number of carbonyl (C=O) groups excluding carboxylic acids is 2. The Morgan fingerprint density at radius 2 is 1.55 bits per heavy atom. The number of phenolic OH excluding ortho intramolecular Hbond substituents is 1. The summed E-state index contributed by atoms with van der Waals surface area (Å²) in [6, 6.07) is 16.0. The van der Waals surface area contributed by atoms with Crippen LogP contribution in [-0.2, 0) is 0 Å². The molecule has 0 saturated heterocycles. The van der Waals surface area contributed by atoms with Crippen molar-refractivity contribution < 1.29 is 14.7 Å². The average molecular weight is 385 g/mol. The molecule has 0 aliphatic heterocycles. The van der Waals surface area contributed by atoms with Crippen LogP contribution in [0.5, 0.6) is 5.75 Å². The zero-order valence-corrected chi connectivity index (χ0v) is 16.7. The van der Waals surface area contributed by atoms with E-state index in [2.05, 4.69) is 25.2 Å². The molecule has 0 fully saturated rings.